The first kappa shape index (κ1) is 16.5. The number of hydrogen-bond donors (Lipinski definition) is 0. The molecule has 2 atom stereocenters. The van der Waals surface area contributed by atoms with Gasteiger partial charge >= 0.3 is 5.97 Å². The molecule has 2 unspecified atom stereocenters. The number of hydrogen-bond acceptors (Lipinski definition) is 3. The Bertz CT molecular complexity index is 494. The fourth-order valence-electron chi connectivity index (χ4n) is 4.36. The van der Waals surface area contributed by atoms with Crippen molar-refractivity contribution in [3.8, 4) is 0 Å². The number of carbonyl (C=O) groups excluding carboxylic acids is 1. The number of rotatable bonds is 4. The van der Waals surface area contributed by atoms with Crippen molar-refractivity contribution in [3.05, 3.63) is 35.9 Å². The summed E-state index contributed by atoms with van der Waals surface area (Å²) in [6.45, 7) is 4.46. The summed E-state index contributed by atoms with van der Waals surface area (Å²) in [6, 6.07) is 11.6. The van der Waals surface area contributed by atoms with E-state index in [1.807, 2.05) is 6.92 Å². The summed E-state index contributed by atoms with van der Waals surface area (Å²) in [6.07, 6.45) is 7.19. The molecule has 1 aliphatic heterocycles. The Balaban J connectivity index is 1.63. The molecule has 3 nitrogen and oxygen atoms in total. The van der Waals surface area contributed by atoms with Gasteiger partial charge in [-0.3, -0.25) is 9.69 Å². The van der Waals surface area contributed by atoms with Crippen LogP contribution in [0.4, 0.5) is 0 Å². The lowest BCUT2D eigenvalue weighted by Crippen LogP contribution is -2.46. The fraction of sp³-hybridized carbons (Fsp3) is 0.650. The van der Waals surface area contributed by atoms with Gasteiger partial charge in [-0.2, -0.15) is 0 Å². The van der Waals surface area contributed by atoms with Gasteiger partial charge in [-0.25, -0.2) is 0 Å². The third-order valence-corrected chi connectivity index (χ3v) is 5.58. The Kier molecular flexibility index (Phi) is 5.71. The average Bonchev–Trinajstić information content (AvgIpc) is 2.63. The zero-order valence-corrected chi connectivity index (χ0v) is 14.2. The predicted octanol–water partition coefficient (Wildman–Crippen LogP) is 3.99. The molecule has 0 aromatic heterocycles. The molecule has 0 bridgehead atoms. The van der Waals surface area contributed by atoms with Crippen molar-refractivity contribution in [2.45, 2.75) is 57.4 Å². The second kappa shape index (κ2) is 7.96. The van der Waals surface area contributed by atoms with Gasteiger partial charge in [-0.1, -0.05) is 43.2 Å². The molecule has 0 spiro atoms. The maximum Gasteiger partial charge on any atom is 0.309 e. The minimum absolute atomic E-state index is 0.00963. The lowest BCUT2D eigenvalue weighted by atomic mass is 9.78. The van der Waals surface area contributed by atoms with Gasteiger partial charge in [-0.05, 0) is 57.2 Å². The maximum atomic E-state index is 11.9. The van der Waals surface area contributed by atoms with Gasteiger partial charge < -0.3 is 4.74 Å². The summed E-state index contributed by atoms with van der Waals surface area (Å²) < 4.78 is 5.20. The molecule has 1 aromatic carbocycles. The van der Waals surface area contributed by atoms with Gasteiger partial charge in [0.2, 0.25) is 0 Å². The molecule has 1 aliphatic carbocycles. The van der Waals surface area contributed by atoms with Gasteiger partial charge in [0.05, 0.1) is 12.5 Å². The van der Waals surface area contributed by atoms with E-state index in [0.29, 0.717) is 18.6 Å². The van der Waals surface area contributed by atoms with Crippen molar-refractivity contribution >= 4 is 5.97 Å². The number of ether oxygens (including phenoxy) is 1. The lowest BCUT2D eigenvalue weighted by molar-refractivity contribution is -0.149. The molecule has 23 heavy (non-hydrogen) atoms. The molecule has 0 radical (unpaired) electrons. The highest BCUT2D eigenvalue weighted by Crippen LogP contribution is 2.37. The lowest BCUT2D eigenvalue weighted by Gasteiger charge is -2.43. The van der Waals surface area contributed by atoms with Crippen molar-refractivity contribution in [1.82, 2.24) is 4.90 Å². The van der Waals surface area contributed by atoms with Crippen LogP contribution in [-0.2, 0) is 9.53 Å². The summed E-state index contributed by atoms with van der Waals surface area (Å²) in [4.78, 5) is 14.6. The molecule has 2 fully saturated rings. The molecule has 0 amide bonds. The van der Waals surface area contributed by atoms with E-state index >= 15 is 0 Å². The standard InChI is InChI=1S/C20H29NO2/c1-2-23-20(22)17-12-14-21(15-13-17)19-11-7-6-10-18(19)16-8-4-3-5-9-16/h3-5,8-9,17-19H,2,6-7,10-15H2,1H3. The summed E-state index contributed by atoms with van der Waals surface area (Å²) in [7, 11) is 0. The Labute approximate surface area is 140 Å². The number of benzene rings is 1. The zero-order chi connectivity index (χ0) is 16.1. The fourth-order valence-corrected chi connectivity index (χ4v) is 4.36. The molecule has 3 rings (SSSR count). The summed E-state index contributed by atoms with van der Waals surface area (Å²) in [5.41, 5.74) is 1.49. The van der Waals surface area contributed by atoms with Gasteiger partial charge in [0, 0.05) is 6.04 Å². The molecular weight excluding hydrogens is 286 g/mol. The molecule has 3 heteroatoms. The Morgan fingerprint density at radius 2 is 1.78 bits per heavy atom. The summed E-state index contributed by atoms with van der Waals surface area (Å²) in [5.74, 6) is 0.782. The van der Waals surface area contributed by atoms with Crippen LogP contribution in [0.15, 0.2) is 30.3 Å². The van der Waals surface area contributed by atoms with Crippen LogP contribution in [0.5, 0.6) is 0 Å². The van der Waals surface area contributed by atoms with Crippen LogP contribution in [0.2, 0.25) is 0 Å². The molecule has 126 valence electrons. The molecule has 0 N–H and O–H groups in total. The second-order valence-corrected chi connectivity index (χ2v) is 6.93. The molecule has 2 aliphatic rings. The molecule has 1 heterocycles. The molecule has 1 saturated heterocycles. The Morgan fingerprint density at radius 1 is 1.09 bits per heavy atom. The van der Waals surface area contributed by atoms with Crippen molar-refractivity contribution in [1.29, 1.82) is 0 Å². The van der Waals surface area contributed by atoms with Crippen molar-refractivity contribution in [2.75, 3.05) is 19.7 Å². The highest BCUT2D eigenvalue weighted by molar-refractivity contribution is 5.72. The van der Waals surface area contributed by atoms with E-state index < -0.39 is 0 Å². The quantitative estimate of drug-likeness (QED) is 0.787. The SMILES string of the molecule is CCOC(=O)C1CCN(C2CCCCC2c2ccccc2)CC1. The number of piperidine rings is 1. The third-order valence-electron chi connectivity index (χ3n) is 5.58. The summed E-state index contributed by atoms with van der Waals surface area (Å²) in [5, 5.41) is 0. The van der Waals surface area contributed by atoms with Crippen LogP contribution in [0.25, 0.3) is 0 Å². The van der Waals surface area contributed by atoms with Crippen LogP contribution in [-0.4, -0.2) is 36.6 Å². The van der Waals surface area contributed by atoms with Gasteiger partial charge in [0.1, 0.15) is 0 Å². The first-order valence-corrected chi connectivity index (χ1v) is 9.25. The topological polar surface area (TPSA) is 29.5 Å². The van der Waals surface area contributed by atoms with Crippen LogP contribution in [0.3, 0.4) is 0 Å². The van der Waals surface area contributed by atoms with E-state index in [-0.39, 0.29) is 11.9 Å². The van der Waals surface area contributed by atoms with E-state index in [0.717, 1.165) is 25.9 Å². The van der Waals surface area contributed by atoms with E-state index in [2.05, 4.69) is 35.2 Å². The van der Waals surface area contributed by atoms with E-state index in [4.69, 9.17) is 4.74 Å². The minimum Gasteiger partial charge on any atom is -0.466 e. The van der Waals surface area contributed by atoms with E-state index in [9.17, 15) is 4.79 Å². The van der Waals surface area contributed by atoms with E-state index in [1.165, 1.54) is 31.2 Å². The minimum atomic E-state index is 0.00963. The molecule has 1 aromatic rings. The van der Waals surface area contributed by atoms with Crippen molar-refractivity contribution in [2.24, 2.45) is 5.92 Å². The largest absolute Gasteiger partial charge is 0.466 e. The molecule has 1 saturated carbocycles. The highest BCUT2D eigenvalue weighted by Gasteiger charge is 2.34. The Morgan fingerprint density at radius 3 is 2.48 bits per heavy atom. The van der Waals surface area contributed by atoms with Gasteiger partial charge in [0.25, 0.3) is 0 Å². The van der Waals surface area contributed by atoms with Crippen LogP contribution < -0.4 is 0 Å². The monoisotopic (exact) mass is 315 g/mol. The van der Waals surface area contributed by atoms with Gasteiger partial charge in [0.15, 0.2) is 0 Å². The maximum absolute atomic E-state index is 11.9. The third kappa shape index (κ3) is 3.95. The summed E-state index contributed by atoms with van der Waals surface area (Å²) >= 11 is 0. The Hall–Kier alpha value is -1.35. The molecular formula is C20H29NO2. The number of esters is 1. The first-order valence-electron chi connectivity index (χ1n) is 9.25. The number of nitrogens with zero attached hydrogens (tertiary/aromatic N) is 1. The number of carbonyl (C=O) groups is 1. The van der Waals surface area contributed by atoms with Crippen molar-refractivity contribution in [3.63, 3.8) is 0 Å². The predicted molar refractivity (Wildman–Crippen MR) is 92.4 cm³/mol. The van der Waals surface area contributed by atoms with Crippen LogP contribution >= 0.6 is 0 Å². The van der Waals surface area contributed by atoms with Crippen LogP contribution in [0, 0.1) is 5.92 Å². The van der Waals surface area contributed by atoms with Crippen molar-refractivity contribution < 1.29 is 9.53 Å². The second-order valence-electron chi connectivity index (χ2n) is 6.93. The van der Waals surface area contributed by atoms with Gasteiger partial charge in [-0.15, -0.1) is 0 Å². The van der Waals surface area contributed by atoms with E-state index in [1.54, 1.807) is 0 Å². The average molecular weight is 315 g/mol. The van der Waals surface area contributed by atoms with Crippen LogP contribution in [0.1, 0.15) is 56.9 Å². The highest BCUT2D eigenvalue weighted by atomic mass is 16.5. The number of likely N-dealkylation sites (tertiary alicyclic amines) is 1. The normalized spacial score (nSPS) is 26.8. The zero-order valence-electron chi connectivity index (χ0n) is 14.2. The smallest absolute Gasteiger partial charge is 0.309 e. The first-order chi connectivity index (χ1) is 11.3.